The third-order valence-electron chi connectivity index (χ3n) is 2.69. The number of hydrogen-bond acceptors (Lipinski definition) is 0. The van der Waals surface area contributed by atoms with Gasteiger partial charge in [-0.1, -0.05) is 31.6 Å². The van der Waals surface area contributed by atoms with Crippen LogP contribution in [0.4, 0.5) is 0 Å². The first-order valence-corrected chi connectivity index (χ1v) is 4.26. The average molecular weight is 134 g/mol. The van der Waals surface area contributed by atoms with Crippen LogP contribution in [-0.2, 0) is 0 Å². The lowest BCUT2D eigenvalue weighted by Gasteiger charge is -2.08. The lowest BCUT2D eigenvalue weighted by molar-refractivity contribution is 0.561. The molecule has 10 heavy (non-hydrogen) atoms. The van der Waals surface area contributed by atoms with E-state index in [-0.39, 0.29) is 0 Å². The van der Waals surface area contributed by atoms with Crippen molar-refractivity contribution in [2.24, 2.45) is 11.8 Å². The molecular weight excluding hydrogens is 120 g/mol. The molecule has 2 bridgehead atoms. The number of rotatable bonds is 0. The molecule has 0 aromatic rings. The van der Waals surface area contributed by atoms with Crippen LogP contribution in [-0.4, -0.2) is 0 Å². The molecule has 1 unspecified atom stereocenters. The van der Waals surface area contributed by atoms with Crippen LogP contribution in [0.2, 0.25) is 0 Å². The zero-order chi connectivity index (χ0) is 6.97. The van der Waals surface area contributed by atoms with Crippen LogP contribution in [0, 0.1) is 11.8 Å². The van der Waals surface area contributed by atoms with Crippen LogP contribution in [0.3, 0.4) is 0 Å². The maximum atomic E-state index is 2.44. The molecule has 0 saturated carbocycles. The molecule has 0 fully saturated rings. The highest BCUT2D eigenvalue weighted by Crippen LogP contribution is 2.32. The molecule has 0 saturated heterocycles. The van der Waals surface area contributed by atoms with Gasteiger partial charge in [-0.2, -0.15) is 0 Å². The van der Waals surface area contributed by atoms with E-state index in [0.29, 0.717) is 0 Å². The van der Waals surface area contributed by atoms with Gasteiger partial charge in [-0.05, 0) is 30.3 Å². The zero-order valence-electron chi connectivity index (χ0n) is 6.51. The first-order chi connectivity index (χ1) is 4.86. The Morgan fingerprint density at radius 1 is 1.40 bits per heavy atom. The van der Waals surface area contributed by atoms with Gasteiger partial charge in [0, 0.05) is 0 Å². The van der Waals surface area contributed by atoms with Crippen LogP contribution < -0.4 is 0 Å². The van der Waals surface area contributed by atoms with Gasteiger partial charge < -0.3 is 0 Å². The quantitative estimate of drug-likeness (QED) is 0.478. The Kier molecular flexibility index (Phi) is 1.40. The molecule has 2 aliphatic rings. The molecule has 0 radical (unpaired) electrons. The maximum Gasteiger partial charge on any atom is -0.00444 e. The lowest BCUT2D eigenvalue weighted by atomic mass is 9.97. The Bertz CT molecular complexity index is 186. The Hall–Kier alpha value is -0.520. The number of hydrogen-bond donors (Lipinski definition) is 0. The van der Waals surface area contributed by atoms with E-state index in [9.17, 15) is 0 Å². The summed E-state index contributed by atoms with van der Waals surface area (Å²) in [6, 6.07) is 0. The second-order valence-electron chi connectivity index (χ2n) is 3.52. The van der Waals surface area contributed by atoms with Crippen molar-refractivity contribution >= 4 is 0 Å². The van der Waals surface area contributed by atoms with Crippen molar-refractivity contribution in [3.05, 3.63) is 23.8 Å². The van der Waals surface area contributed by atoms with Gasteiger partial charge in [0.2, 0.25) is 0 Å². The molecule has 2 rings (SSSR count). The first-order valence-electron chi connectivity index (χ1n) is 4.26. The maximum absolute atomic E-state index is 2.44. The molecule has 0 amide bonds. The summed E-state index contributed by atoms with van der Waals surface area (Å²) >= 11 is 0. The van der Waals surface area contributed by atoms with Crippen LogP contribution in [0.1, 0.15) is 26.2 Å². The minimum Gasteiger partial charge on any atom is -0.0773 e. The fourth-order valence-corrected chi connectivity index (χ4v) is 1.93. The predicted octanol–water partition coefficient (Wildman–Crippen LogP) is 2.92. The van der Waals surface area contributed by atoms with Crippen molar-refractivity contribution in [1.82, 2.24) is 0 Å². The first kappa shape index (κ1) is 6.21. The van der Waals surface area contributed by atoms with Crippen LogP contribution in [0.15, 0.2) is 23.8 Å². The van der Waals surface area contributed by atoms with Gasteiger partial charge in [0.05, 0.1) is 0 Å². The molecule has 0 aromatic carbocycles. The summed E-state index contributed by atoms with van der Waals surface area (Å²) in [6.45, 7) is 2.34. The Balaban J connectivity index is 2.24. The van der Waals surface area contributed by atoms with E-state index in [1.54, 1.807) is 5.57 Å². The van der Waals surface area contributed by atoms with Gasteiger partial charge in [0.25, 0.3) is 0 Å². The fraction of sp³-hybridized carbons (Fsp3) is 0.600. The monoisotopic (exact) mass is 134 g/mol. The highest BCUT2D eigenvalue weighted by atomic mass is 14.2. The summed E-state index contributed by atoms with van der Waals surface area (Å²) in [5.41, 5.74) is 1.59. The van der Waals surface area contributed by atoms with E-state index in [1.165, 1.54) is 19.3 Å². The molecular formula is C10H14. The highest BCUT2D eigenvalue weighted by molar-refractivity contribution is 5.31. The molecule has 0 aromatic heterocycles. The summed E-state index contributed by atoms with van der Waals surface area (Å²) in [4.78, 5) is 0. The van der Waals surface area contributed by atoms with Gasteiger partial charge >= 0.3 is 0 Å². The summed E-state index contributed by atoms with van der Waals surface area (Å²) in [7, 11) is 0. The van der Waals surface area contributed by atoms with Crippen LogP contribution >= 0.6 is 0 Å². The van der Waals surface area contributed by atoms with E-state index in [1.807, 2.05) is 0 Å². The molecule has 2 atom stereocenters. The summed E-state index contributed by atoms with van der Waals surface area (Å²) < 4.78 is 0. The molecule has 0 nitrogen and oxygen atoms in total. The van der Waals surface area contributed by atoms with Gasteiger partial charge in [-0.15, -0.1) is 0 Å². The van der Waals surface area contributed by atoms with Gasteiger partial charge in [0.15, 0.2) is 0 Å². The van der Waals surface area contributed by atoms with Gasteiger partial charge in [-0.3, -0.25) is 0 Å². The van der Waals surface area contributed by atoms with E-state index >= 15 is 0 Å². The second kappa shape index (κ2) is 2.26. The molecule has 2 aliphatic carbocycles. The topological polar surface area (TPSA) is 0 Å². The second-order valence-corrected chi connectivity index (χ2v) is 3.52. The van der Waals surface area contributed by atoms with Gasteiger partial charge in [0.1, 0.15) is 0 Å². The van der Waals surface area contributed by atoms with Crippen molar-refractivity contribution in [3.63, 3.8) is 0 Å². The fourth-order valence-electron chi connectivity index (χ4n) is 1.93. The zero-order valence-corrected chi connectivity index (χ0v) is 6.51. The molecule has 54 valence electrons. The molecule has 0 heterocycles. The minimum atomic E-state index is 0.792. The molecule has 0 N–H and O–H groups in total. The Labute approximate surface area is 62.6 Å². The SMILES string of the molecule is CC1CCC[C@@H]2C=CC1=C2. The minimum absolute atomic E-state index is 0.792. The number of fused-ring (bicyclic) bond motifs is 1. The van der Waals surface area contributed by atoms with Crippen molar-refractivity contribution in [2.75, 3.05) is 0 Å². The van der Waals surface area contributed by atoms with Crippen molar-refractivity contribution < 1.29 is 0 Å². The largest absolute Gasteiger partial charge is 0.0773 e. The van der Waals surface area contributed by atoms with Gasteiger partial charge in [-0.25, -0.2) is 0 Å². The Morgan fingerprint density at radius 3 is 3.20 bits per heavy atom. The van der Waals surface area contributed by atoms with Crippen molar-refractivity contribution in [3.8, 4) is 0 Å². The summed E-state index contributed by atoms with van der Waals surface area (Å²) in [5, 5.41) is 0. The third kappa shape index (κ3) is 0.920. The highest BCUT2D eigenvalue weighted by Gasteiger charge is 2.17. The van der Waals surface area contributed by atoms with Crippen LogP contribution in [0.25, 0.3) is 0 Å². The Morgan fingerprint density at radius 2 is 2.30 bits per heavy atom. The van der Waals surface area contributed by atoms with E-state index in [0.717, 1.165) is 11.8 Å². The lowest BCUT2D eigenvalue weighted by Crippen LogP contribution is -1.94. The summed E-state index contributed by atoms with van der Waals surface area (Å²) in [5.74, 6) is 1.61. The van der Waals surface area contributed by atoms with Crippen LogP contribution in [0.5, 0.6) is 0 Å². The third-order valence-corrected chi connectivity index (χ3v) is 2.69. The van der Waals surface area contributed by atoms with E-state index in [4.69, 9.17) is 0 Å². The van der Waals surface area contributed by atoms with Crippen molar-refractivity contribution in [1.29, 1.82) is 0 Å². The van der Waals surface area contributed by atoms with E-state index in [2.05, 4.69) is 25.2 Å². The summed E-state index contributed by atoms with van der Waals surface area (Å²) in [6.07, 6.45) is 11.3. The smallest absolute Gasteiger partial charge is 0.00444 e. The molecule has 0 aliphatic heterocycles. The van der Waals surface area contributed by atoms with E-state index < -0.39 is 0 Å². The normalized spacial score (nSPS) is 37.5. The standard InChI is InChI=1S/C10H14/c1-8-3-2-4-9-5-6-10(8)7-9/h5-9H,2-4H2,1H3/t8?,9-/m1/s1. The average Bonchev–Trinajstić information content (AvgIpc) is 2.27. The molecule has 0 spiro atoms. The molecule has 0 heteroatoms. The van der Waals surface area contributed by atoms with Crippen molar-refractivity contribution in [2.45, 2.75) is 26.2 Å². The predicted molar refractivity (Wildman–Crippen MR) is 43.7 cm³/mol. The number of allylic oxidation sites excluding steroid dienone is 4.